The SMILES string of the molecule is CCC(=NOC/C=C\Cl)C1=C(O)C[C@H](C2CCOCC2)CC1=O. The maximum Gasteiger partial charge on any atom is 0.168 e. The number of allylic oxidation sites excluding steroid dienone is 2. The van der Waals surface area contributed by atoms with E-state index in [4.69, 9.17) is 21.2 Å². The van der Waals surface area contributed by atoms with Crippen LogP contribution < -0.4 is 0 Å². The van der Waals surface area contributed by atoms with Crippen LogP contribution in [0.25, 0.3) is 0 Å². The number of carbonyl (C=O) groups excluding carboxylic acids is 1. The molecule has 0 aromatic rings. The minimum absolute atomic E-state index is 0.0395. The average molecular weight is 342 g/mol. The zero-order valence-corrected chi connectivity index (χ0v) is 14.2. The van der Waals surface area contributed by atoms with Gasteiger partial charge in [-0.15, -0.1) is 0 Å². The largest absolute Gasteiger partial charge is 0.511 e. The van der Waals surface area contributed by atoms with E-state index in [1.807, 2.05) is 6.92 Å². The molecule has 0 aromatic carbocycles. The molecule has 1 aliphatic heterocycles. The molecule has 1 atom stereocenters. The minimum atomic E-state index is -0.0395. The number of halogens is 1. The number of rotatable bonds is 6. The molecule has 2 rings (SSSR count). The van der Waals surface area contributed by atoms with Gasteiger partial charge < -0.3 is 14.7 Å². The van der Waals surface area contributed by atoms with Gasteiger partial charge in [0, 0.05) is 31.6 Å². The zero-order chi connectivity index (χ0) is 16.7. The van der Waals surface area contributed by atoms with Crippen LogP contribution in [0.2, 0.25) is 0 Å². The third-order valence-electron chi connectivity index (χ3n) is 4.46. The second-order valence-electron chi connectivity index (χ2n) is 5.91. The first-order valence-electron chi connectivity index (χ1n) is 8.14. The molecule has 0 amide bonds. The molecule has 23 heavy (non-hydrogen) atoms. The number of oxime groups is 1. The van der Waals surface area contributed by atoms with Crippen molar-refractivity contribution in [3.05, 3.63) is 22.9 Å². The summed E-state index contributed by atoms with van der Waals surface area (Å²) in [4.78, 5) is 17.6. The van der Waals surface area contributed by atoms with Crippen LogP contribution in [0.15, 0.2) is 28.1 Å². The number of Topliss-reactive ketones (excluding diaryl/α,β-unsaturated/α-hetero) is 1. The highest BCUT2D eigenvalue weighted by molar-refractivity contribution is 6.25. The second kappa shape index (κ2) is 9.08. The van der Waals surface area contributed by atoms with Crippen molar-refractivity contribution < 1.29 is 19.5 Å². The third-order valence-corrected chi connectivity index (χ3v) is 4.64. The van der Waals surface area contributed by atoms with E-state index in [0.717, 1.165) is 26.1 Å². The number of carbonyl (C=O) groups is 1. The molecule has 0 aromatic heterocycles. The summed E-state index contributed by atoms with van der Waals surface area (Å²) in [5.74, 6) is 0.758. The predicted octanol–water partition coefficient (Wildman–Crippen LogP) is 3.74. The Hall–Kier alpha value is -1.33. The van der Waals surface area contributed by atoms with Crippen molar-refractivity contribution >= 4 is 23.1 Å². The fourth-order valence-corrected chi connectivity index (χ4v) is 3.33. The highest BCUT2D eigenvalue weighted by Crippen LogP contribution is 2.36. The summed E-state index contributed by atoms with van der Waals surface area (Å²) in [5.41, 5.74) is 2.19. The Bertz CT molecular complexity index is 507. The summed E-state index contributed by atoms with van der Waals surface area (Å²) in [6.45, 7) is 3.62. The van der Waals surface area contributed by atoms with E-state index < -0.39 is 0 Å². The highest BCUT2D eigenvalue weighted by Gasteiger charge is 2.34. The summed E-state index contributed by atoms with van der Waals surface area (Å²) >= 11 is 5.41. The lowest BCUT2D eigenvalue weighted by atomic mass is 9.75. The maximum absolute atomic E-state index is 12.5. The molecule has 1 heterocycles. The molecule has 0 spiro atoms. The van der Waals surface area contributed by atoms with E-state index in [0.29, 0.717) is 36.5 Å². The van der Waals surface area contributed by atoms with Crippen LogP contribution in [0.4, 0.5) is 0 Å². The second-order valence-corrected chi connectivity index (χ2v) is 6.16. The van der Waals surface area contributed by atoms with Gasteiger partial charge in [-0.2, -0.15) is 0 Å². The van der Waals surface area contributed by atoms with Gasteiger partial charge in [0.15, 0.2) is 5.78 Å². The average Bonchev–Trinajstić information content (AvgIpc) is 2.57. The molecule has 128 valence electrons. The van der Waals surface area contributed by atoms with E-state index in [2.05, 4.69) is 5.16 Å². The number of hydrogen-bond acceptors (Lipinski definition) is 5. The van der Waals surface area contributed by atoms with Crippen molar-refractivity contribution in [1.29, 1.82) is 0 Å². The Morgan fingerprint density at radius 1 is 1.39 bits per heavy atom. The molecule has 1 aliphatic carbocycles. The molecular formula is C17H24ClNO4. The zero-order valence-electron chi connectivity index (χ0n) is 13.5. The third kappa shape index (κ3) is 4.82. The molecule has 0 bridgehead atoms. The molecule has 1 N–H and O–H groups in total. The smallest absolute Gasteiger partial charge is 0.168 e. The monoisotopic (exact) mass is 341 g/mol. The molecule has 0 saturated carbocycles. The van der Waals surface area contributed by atoms with E-state index >= 15 is 0 Å². The molecule has 2 aliphatic rings. The van der Waals surface area contributed by atoms with Crippen molar-refractivity contribution in [3.63, 3.8) is 0 Å². The van der Waals surface area contributed by atoms with Gasteiger partial charge in [-0.25, -0.2) is 0 Å². The lowest BCUT2D eigenvalue weighted by Crippen LogP contribution is -2.31. The van der Waals surface area contributed by atoms with Gasteiger partial charge in [-0.05, 0) is 37.2 Å². The van der Waals surface area contributed by atoms with Crippen LogP contribution in [-0.2, 0) is 14.4 Å². The quantitative estimate of drug-likeness (QED) is 0.454. The standard InChI is InChI=1S/C17H24ClNO4/c1-2-14(19-23-7-3-6-18)17-15(20)10-13(11-16(17)21)12-4-8-22-9-5-12/h3,6,12-13,20H,2,4-5,7-11H2,1H3/b6-3-,19-14?/t13-/m0/s1. The lowest BCUT2D eigenvalue weighted by Gasteiger charge is -2.32. The van der Waals surface area contributed by atoms with Crippen molar-refractivity contribution in [1.82, 2.24) is 0 Å². The molecule has 5 nitrogen and oxygen atoms in total. The van der Waals surface area contributed by atoms with Crippen LogP contribution in [0, 0.1) is 11.8 Å². The van der Waals surface area contributed by atoms with Crippen molar-refractivity contribution in [2.24, 2.45) is 17.0 Å². The molecule has 6 heteroatoms. The summed E-state index contributed by atoms with van der Waals surface area (Å²) in [6.07, 6.45) is 5.05. The summed E-state index contributed by atoms with van der Waals surface area (Å²) in [6, 6.07) is 0. The van der Waals surface area contributed by atoms with Crippen LogP contribution in [0.3, 0.4) is 0 Å². The van der Waals surface area contributed by atoms with Gasteiger partial charge in [0.1, 0.15) is 12.4 Å². The van der Waals surface area contributed by atoms with Crippen LogP contribution >= 0.6 is 11.6 Å². The van der Waals surface area contributed by atoms with Gasteiger partial charge in [0.25, 0.3) is 0 Å². The first kappa shape index (κ1) is 18.0. The molecule has 1 saturated heterocycles. The number of hydrogen-bond donors (Lipinski definition) is 1. The van der Waals surface area contributed by atoms with Gasteiger partial charge in [-0.3, -0.25) is 4.79 Å². The Balaban J connectivity index is 2.09. The number of aliphatic hydroxyl groups excluding tert-OH is 1. The van der Waals surface area contributed by atoms with E-state index in [-0.39, 0.29) is 24.1 Å². The van der Waals surface area contributed by atoms with E-state index in [9.17, 15) is 9.90 Å². The highest BCUT2D eigenvalue weighted by atomic mass is 35.5. The Kier molecular flexibility index (Phi) is 7.12. The molecular weight excluding hydrogens is 318 g/mol. The number of ether oxygens (including phenoxy) is 1. The first-order valence-corrected chi connectivity index (χ1v) is 8.58. The first-order chi connectivity index (χ1) is 11.2. The number of nitrogens with zero attached hydrogens (tertiary/aromatic N) is 1. The van der Waals surface area contributed by atoms with Crippen LogP contribution in [0.1, 0.15) is 39.0 Å². The molecule has 0 radical (unpaired) electrons. The molecule has 1 fully saturated rings. The van der Waals surface area contributed by atoms with Crippen LogP contribution in [0.5, 0.6) is 0 Å². The minimum Gasteiger partial charge on any atom is -0.511 e. The maximum atomic E-state index is 12.5. The van der Waals surface area contributed by atoms with Crippen molar-refractivity contribution in [2.45, 2.75) is 39.0 Å². The normalized spacial score (nSPS) is 24.5. The topological polar surface area (TPSA) is 68.1 Å². The van der Waals surface area contributed by atoms with Crippen molar-refractivity contribution in [2.75, 3.05) is 19.8 Å². The fraction of sp³-hybridized carbons (Fsp3) is 0.647. The predicted molar refractivity (Wildman–Crippen MR) is 89.6 cm³/mol. The van der Waals surface area contributed by atoms with Gasteiger partial charge in [0.05, 0.1) is 11.3 Å². The molecule has 0 unspecified atom stereocenters. The summed E-state index contributed by atoms with van der Waals surface area (Å²) in [5, 5.41) is 14.4. The Morgan fingerprint density at radius 3 is 2.74 bits per heavy atom. The number of aliphatic hydroxyl groups is 1. The van der Waals surface area contributed by atoms with E-state index in [1.54, 1.807) is 6.08 Å². The van der Waals surface area contributed by atoms with E-state index in [1.165, 1.54) is 5.54 Å². The van der Waals surface area contributed by atoms with Gasteiger partial charge >= 0.3 is 0 Å². The van der Waals surface area contributed by atoms with Gasteiger partial charge in [-0.1, -0.05) is 23.7 Å². The van der Waals surface area contributed by atoms with Gasteiger partial charge in [0.2, 0.25) is 0 Å². The number of ketones is 1. The van der Waals surface area contributed by atoms with Crippen LogP contribution in [-0.4, -0.2) is 36.4 Å². The van der Waals surface area contributed by atoms with Crippen molar-refractivity contribution in [3.8, 4) is 0 Å². The Morgan fingerprint density at radius 2 is 2.13 bits per heavy atom. The summed E-state index contributed by atoms with van der Waals surface area (Å²) in [7, 11) is 0. The fourth-order valence-electron chi connectivity index (χ4n) is 3.25. The lowest BCUT2D eigenvalue weighted by molar-refractivity contribution is -0.117. The Labute approximate surface area is 142 Å². The summed E-state index contributed by atoms with van der Waals surface area (Å²) < 4.78 is 5.38.